The Hall–Kier alpha value is -2.79. The lowest BCUT2D eigenvalue weighted by Gasteiger charge is -2.19. The van der Waals surface area contributed by atoms with Crippen LogP contribution in [0.2, 0.25) is 0 Å². The number of amides is 1. The molecule has 7 nitrogen and oxygen atoms in total. The minimum atomic E-state index is -4.48. The summed E-state index contributed by atoms with van der Waals surface area (Å²) in [6.45, 7) is 3.99. The molecule has 0 saturated carbocycles. The van der Waals surface area contributed by atoms with E-state index in [9.17, 15) is 22.5 Å². The number of para-hydroxylation sites is 2. The van der Waals surface area contributed by atoms with Crippen LogP contribution in [-0.4, -0.2) is 56.4 Å². The Labute approximate surface area is 186 Å². The van der Waals surface area contributed by atoms with Crippen LogP contribution in [0.25, 0.3) is 11.0 Å². The lowest BCUT2D eigenvalue weighted by Crippen LogP contribution is -2.33. The van der Waals surface area contributed by atoms with E-state index in [1.165, 1.54) is 28.7 Å². The van der Waals surface area contributed by atoms with Crippen molar-refractivity contribution in [3.05, 3.63) is 61.1 Å². The summed E-state index contributed by atoms with van der Waals surface area (Å²) in [6.07, 6.45) is -1.63. The van der Waals surface area contributed by atoms with Gasteiger partial charge in [-0.05, 0) is 38.5 Å². The highest BCUT2D eigenvalue weighted by atomic mass is 32.2. The Balaban J connectivity index is 1.93. The summed E-state index contributed by atoms with van der Waals surface area (Å²) in [6, 6.07) is 7.75. The minimum Gasteiger partial charge on any atom is -0.609 e. The Morgan fingerprint density at radius 1 is 1.34 bits per heavy atom. The van der Waals surface area contributed by atoms with E-state index in [0.717, 1.165) is 0 Å². The summed E-state index contributed by atoms with van der Waals surface area (Å²) >= 11 is -1.82. The number of imidazole rings is 1. The van der Waals surface area contributed by atoms with Crippen molar-refractivity contribution in [1.29, 1.82) is 0 Å². The quantitative estimate of drug-likeness (QED) is 0.493. The Bertz CT molecular complexity index is 1100. The van der Waals surface area contributed by atoms with Gasteiger partial charge in [-0.1, -0.05) is 12.1 Å². The number of carbonyl (C=O) groups is 1. The fourth-order valence-electron chi connectivity index (χ4n) is 2.99. The molecule has 0 saturated heterocycles. The molecule has 32 heavy (non-hydrogen) atoms. The molecule has 170 valence electrons. The first-order valence-electron chi connectivity index (χ1n) is 9.48. The molecule has 0 spiro atoms. The van der Waals surface area contributed by atoms with Crippen LogP contribution < -0.4 is 4.74 Å². The van der Waals surface area contributed by atoms with E-state index >= 15 is 0 Å². The van der Waals surface area contributed by atoms with Crippen LogP contribution in [0.4, 0.5) is 18.0 Å². The number of halogens is 3. The van der Waals surface area contributed by atoms with Crippen LogP contribution in [-0.2, 0) is 16.9 Å². The summed E-state index contributed by atoms with van der Waals surface area (Å²) in [4.78, 5) is 22.9. The van der Waals surface area contributed by atoms with Gasteiger partial charge >= 0.3 is 17.4 Å². The molecular weight excluding hydrogens is 445 g/mol. The maximum absolute atomic E-state index is 13.2. The van der Waals surface area contributed by atoms with Crippen molar-refractivity contribution < 1.29 is 27.3 Å². The van der Waals surface area contributed by atoms with Gasteiger partial charge in [0.15, 0.2) is 12.4 Å². The fraction of sp³-hybridized carbons (Fsp3) is 0.286. The second-order valence-electron chi connectivity index (χ2n) is 6.94. The van der Waals surface area contributed by atoms with Gasteiger partial charge in [0.1, 0.15) is 5.75 Å². The molecule has 0 bridgehead atoms. The number of fused-ring (bicyclic) bond motifs is 1. The molecule has 2 radical (unpaired) electrons. The van der Waals surface area contributed by atoms with Gasteiger partial charge in [0.05, 0.1) is 16.7 Å². The zero-order chi connectivity index (χ0) is 23.5. The first-order valence-corrected chi connectivity index (χ1v) is 10.8. The number of aromatic nitrogens is 3. The monoisotopic (exact) mass is 466 g/mol. The Kier molecular flexibility index (Phi) is 7.29. The van der Waals surface area contributed by atoms with E-state index < -0.39 is 30.0 Å². The van der Waals surface area contributed by atoms with Crippen molar-refractivity contribution in [1.82, 2.24) is 19.4 Å². The van der Waals surface area contributed by atoms with E-state index in [0.29, 0.717) is 16.6 Å². The van der Waals surface area contributed by atoms with Crippen LogP contribution >= 0.6 is 0 Å². The second kappa shape index (κ2) is 9.78. The van der Waals surface area contributed by atoms with Gasteiger partial charge in [-0.25, -0.2) is 9.36 Å². The smallest absolute Gasteiger partial charge is 0.422 e. The molecule has 2 heterocycles. The average Bonchev–Trinajstić information content (AvgIpc) is 3.13. The van der Waals surface area contributed by atoms with Crippen molar-refractivity contribution in [3.63, 3.8) is 0 Å². The van der Waals surface area contributed by atoms with E-state index in [2.05, 4.69) is 16.9 Å². The predicted octanol–water partition coefficient (Wildman–Crippen LogP) is 3.93. The predicted molar refractivity (Wildman–Crippen MR) is 113 cm³/mol. The Morgan fingerprint density at radius 3 is 2.75 bits per heavy atom. The summed E-state index contributed by atoms with van der Waals surface area (Å²) in [7, 11) is 1.58. The van der Waals surface area contributed by atoms with Crippen molar-refractivity contribution >= 4 is 28.2 Å². The molecule has 0 N–H and O–H groups in total. The SMILES string of the molecule is [CH2][CH]CN(C)C(=O)n1c([S+]([O-])Cc2nccc(OCC(F)(F)F)c2C)nc2ccccc21. The lowest BCUT2D eigenvalue weighted by molar-refractivity contribution is -0.153. The highest BCUT2D eigenvalue weighted by Gasteiger charge is 2.31. The molecule has 1 amide bonds. The first kappa shape index (κ1) is 23.9. The standard InChI is InChI=1S/C21H21F3N4O3S/c1-4-11-27(3)20(29)28-17-8-6-5-7-15(17)26-19(28)32(30)12-16-14(2)18(9-10-25-16)31-13-21(22,23)24/h4-10H,1,11-13H2,2-3H3. The fourth-order valence-corrected chi connectivity index (χ4v) is 4.24. The van der Waals surface area contributed by atoms with E-state index in [4.69, 9.17) is 4.74 Å². The number of benzene rings is 1. The van der Waals surface area contributed by atoms with E-state index in [1.807, 2.05) is 0 Å². The number of ether oxygens (including phenoxy) is 1. The maximum atomic E-state index is 13.2. The van der Waals surface area contributed by atoms with Gasteiger partial charge in [0.2, 0.25) is 0 Å². The van der Waals surface area contributed by atoms with Crippen molar-refractivity contribution in [2.45, 2.75) is 24.0 Å². The van der Waals surface area contributed by atoms with Crippen molar-refractivity contribution in [2.24, 2.45) is 0 Å². The third-order valence-electron chi connectivity index (χ3n) is 4.57. The van der Waals surface area contributed by atoms with Gasteiger partial charge in [0.25, 0.3) is 0 Å². The highest BCUT2D eigenvalue weighted by molar-refractivity contribution is 7.90. The topological polar surface area (TPSA) is 83.3 Å². The van der Waals surface area contributed by atoms with E-state index in [1.54, 1.807) is 37.7 Å². The van der Waals surface area contributed by atoms with Gasteiger partial charge in [-0.2, -0.15) is 18.2 Å². The third kappa shape index (κ3) is 5.33. The normalized spacial score (nSPS) is 12.7. The van der Waals surface area contributed by atoms with Crippen LogP contribution in [0.3, 0.4) is 0 Å². The summed E-state index contributed by atoms with van der Waals surface area (Å²) < 4.78 is 56.9. The van der Waals surface area contributed by atoms with E-state index in [-0.39, 0.29) is 28.9 Å². The van der Waals surface area contributed by atoms with Crippen LogP contribution in [0.15, 0.2) is 41.7 Å². The molecule has 0 aliphatic heterocycles. The van der Waals surface area contributed by atoms with Gasteiger partial charge in [-0.3, -0.25) is 4.98 Å². The van der Waals surface area contributed by atoms with Gasteiger partial charge in [0, 0.05) is 36.5 Å². The summed E-state index contributed by atoms with van der Waals surface area (Å²) in [5.41, 5.74) is 1.60. The van der Waals surface area contributed by atoms with Crippen molar-refractivity contribution in [2.75, 3.05) is 20.2 Å². The summed E-state index contributed by atoms with van der Waals surface area (Å²) in [5.74, 6) is -0.156. The number of hydrogen-bond donors (Lipinski definition) is 0. The van der Waals surface area contributed by atoms with Crippen molar-refractivity contribution in [3.8, 4) is 5.75 Å². The lowest BCUT2D eigenvalue weighted by atomic mass is 10.2. The number of carbonyl (C=O) groups excluding carboxylic acids is 1. The molecule has 3 rings (SSSR count). The minimum absolute atomic E-state index is 0.000351. The molecule has 11 heteroatoms. The van der Waals surface area contributed by atoms with Crippen LogP contribution in [0, 0.1) is 20.3 Å². The number of pyridine rings is 1. The largest absolute Gasteiger partial charge is 0.609 e. The molecule has 0 aliphatic rings. The number of hydrogen-bond acceptors (Lipinski definition) is 5. The molecule has 0 aliphatic carbocycles. The van der Waals surface area contributed by atoms with Crippen LogP contribution in [0.1, 0.15) is 11.3 Å². The third-order valence-corrected chi connectivity index (χ3v) is 5.79. The van der Waals surface area contributed by atoms with Gasteiger partial charge < -0.3 is 14.2 Å². The molecule has 0 fully saturated rings. The maximum Gasteiger partial charge on any atom is 0.422 e. The summed E-state index contributed by atoms with van der Waals surface area (Å²) in [5, 5.41) is 0.0231. The number of nitrogens with zero attached hydrogens (tertiary/aromatic N) is 4. The number of rotatable bonds is 7. The second-order valence-corrected chi connectivity index (χ2v) is 8.29. The molecule has 1 aromatic carbocycles. The highest BCUT2D eigenvalue weighted by Crippen LogP contribution is 2.27. The van der Waals surface area contributed by atoms with Crippen LogP contribution in [0.5, 0.6) is 5.75 Å². The molecule has 3 aromatic rings. The molecule has 1 unspecified atom stereocenters. The molecule has 2 aromatic heterocycles. The molecule has 1 atom stereocenters. The zero-order valence-corrected chi connectivity index (χ0v) is 18.2. The Morgan fingerprint density at radius 2 is 2.06 bits per heavy atom. The average molecular weight is 466 g/mol. The number of alkyl halides is 3. The van der Waals surface area contributed by atoms with Gasteiger partial charge in [-0.15, -0.1) is 0 Å². The first-order chi connectivity index (χ1) is 15.1. The molecular formula is C21H21F3N4O3S. The zero-order valence-electron chi connectivity index (χ0n) is 17.4.